The largest absolute Gasteiger partial charge is 0.336 e. The Balaban J connectivity index is 2.47. The first kappa shape index (κ1) is 10.1. The molecule has 0 bridgehead atoms. The molecule has 1 aromatic heterocycles. The number of halogens is 1. The van der Waals surface area contributed by atoms with E-state index >= 15 is 0 Å². The Bertz CT molecular complexity index is 407. The third-order valence-electron chi connectivity index (χ3n) is 3.28. The Morgan fingerprint density at radius 3 is 2.87 bits per heavy atom. The van der Waals surface area contributed by atoms with Crippen molar-refractivity contribution < 1.29 is 9.18 Å². The molecular weight excluding hydrogens is 195 g/mol. The Morgan fingerprint density at radius 2 is 2.33 bits per heavy atom. The minimum atomic E-state index is -0.546. The highest BCUT2D eigenvalue weighted by molar-refractivity contribution is 5.79. The maximum absolute atomic E-state index is 13.5. The molecule has 1 unspecified atom stereocenters. The van der Waals surface area contributed by atoms with Crippen molar-refractivity contribution >= 4 is 5.91 Å². The van der Waals surface area contributed by atoms with Gasteiger partial charge in [-0.2, -0.15) is 4.39 Å². The van der Waals surface area contributed by atoms with Crippen LogP contribution < -0.4 is 0 Å². The van der Waals surface area contributed by atoms with Crippen LogP contribution in [-0.4, -0.2) is 22.8 Å². The average molecular weight is 208 g/mol. The molecule has 1 fully saturated rings. The molecule has 3 nitrogen and oxygen atoms in total. The predicted octanol–water partition coefficient (Wildman–Crippen LogP) is 1.69. The van der Waals surface area contributed by atoms with E-state index in [2.05, 4.69) is 4.98 Å². The predicted molar refractivity (Wildman–Crippen MR) is 53.6 cm³/mol. The van der Waals surface area contributed by atoms with Crippen molar-refractivity contribution in [1.82, 2.24) is 9.88 Å². The SMILES string of the molecule is CN1C(=O)CCC1(C)c1cccnc1F. The van der Waals surface area contributed by atoms with Crippen LogP contribution in [0.2, 0.25) is 0 Å². The third-order valence-corrected chi connectivity index (χ3v) is 3.28. The first-order valence-corrected chi connectivity index (χ1v) is 4.93. The quantitative estimate of drug-likeness (QED) is 0.658. The zero-order chi connectivity index (χ0) is 11.1. The Labute approximate surface area is 87.9 Å². The van der Waals surface area contributed by atoms with Crippen LogP contribution in [0, 0.1) is 5.95 Å². The molecular formula is C11H13FN2O. The van der Waals surface area contributed by atoms with Gasteiger partial charge in [-0.15, -0.1) is 0 Å². The standard InChI is InChI=1S/C11H13FN2O/c1-11(6-5-9(15)14(11)2)8-4-3-7-13-10(8)12/h3-4,7H,5-6H2,1-2H3. The van der Waals surface area contributed by atoms with Crippen molar-refractivity contribution in [3.63, 3.8) is 0 Å². The maximum atomic E-state index is 13.5. The number of carbonyl (C=O) groups is 1. The molecule has 0 aromatic carbocycles. The molecule has 1 aromatic rings. The van der Waals surface area contributed by atoms with Crippen molar-refractivity contribution in [1.29, 1.82) is 0 Å². The molecule has 80 valence electrons. The van der Waals surface area contributed by atoms with Crippen molar-refractivity contribution in [2.75, 3.05) is 7.05 Å². The van der Waals surface area contributed by atoms with Crippen LogP contribution >= 0.6 is 0 Å². The lowest BCUT2D eigenvalue weighted by Gasteiger charge is -2.32. The summed E-state index contributed by atoms with van der Waals surface area (Å²) in [5.41, 5.74) is -0.0477. The first-order valence-electron chi connectivity index (χ1n) is 4.93. The Hall–Kier alpha value is -1.45. The van der Waals surface area contributed by atoms with E-state index in [0.717, 1.165) is 0 Å². The summed E-state index contributed by atoms with van der Waals surface area (Å²) in [6, 6.07) is 3.39. The summed E-state index contributed by atoms with van der Waals surface area (Å²) in [6.45, 7) is 1.87. The highest BCUT2D eigenvalue weighted by atomic mass is 19.1. The fourth-order valence-corrected chi connectivity index (χ4v) is 2.06. The molecule has 1 amide bonds. The molecule has 1 aliphatic heterocycles. The van der Waals surface area contributed by atoms with Crippen LogP contribution in [0.1, 0.15) is 25.3 Å². The number of pyridine rings is 1. The molecule has 2 heterocycles. The van der Waals surface area contributed by atoms with Gasteiger partial charge in [-0.05, 0) is 19.4 Å². The van der Waals surface area contributed by atoms with E-state index in [9.17, 15) is 9.18 Å². The fourth-order valence-electron chi connectivity index (χ4n) is 2.06. The van der Waals surface area contributed by atoms with E-state index in [0.29, 0.717) is 18.4 Å². The number of aromatic nitrogens is 1. The second kappa shape index (κ2) is 3.29. The Morgan fingerprint density at radius 1 is 1.60 bits per heavy atom. The van der Waals surface area contributed by atoms with Crippen LogP contribution in [0.4, 0.5) is 4.39 Å². The molecule has 0 radical (unpaired) electrons. The normalized spacial score (nSPS) is 26.1. The monoisotopic (exact) mass is 208 g/mol. The molecule has 4 heteroatoms. The van der Waals surface area contributed by atoms with Gasteiger partial charge in [0.2, 0.25) is 11.9 Å². The topological polar surface area (TPSA) is 33.2 Å². The molecule has 1 aliphatic rings. The smallest absolute Gasteiger partial charge is 0.223 e. The van der Waals surface area contributed by atoms with E-state index < -0.39 is 11.5 Å². The van der Waals surface area contributed by atoms with Crippen molar-refractivity contribution in [3.8, 4) is 0 Å². The van der Waals surface area contributed by atoms with Gasteiger partial charge in [0.05, 0.1) is 5.54 Å². The molecule has 1 saturated heterocycles. The lowest BCUT2D eigenvalue weighted by atomic mass is 9.90. The highest BCUT2D eigenvalue weighted by Gasteiger charge is 2.42. The zero-order valence-electron chi connectivity index (χ0n) is 8.83. The zero-order valence-corrected chi connectivity index (χ0v) is 8.83. The van der Waals surface area contributed by atoms with Gasteiger partial charge in [0.25, 0.3) is 0 Å². The lowest BCUT2D eigenvalue weighted by Crippen LogP contribution is -2.38. The number of carbonyl (C=O) groups excluding carboxylic acids is 1. The fraction of sp³-hybridized carbons (Fsp3) is 0.455. The Kier molecular flexibility index (Phi) is 2.21. The van der Waals surface area contributed by atoms with E-state index in [4.69, 9.17) is 0 Å². The molecule has 2 rings (SSSR count). The second-order valence-electron chi connectivity index (χ2n) is 4.07. The number of hydrogen-bond donors (Lipinski definition) is 0. The van der Waals surface area contributed by atoms with Gasteiger partial charge in [-0.1, -0.05) is 6.07 Å². The van der Waals surface area contributed by atoms with Gasteiger partial charge in [0, 0.05) is 25.2 Å². The number of rotatable bonds is 1. The van der Waals surface area contributed by atoms with E-state index in [1.807, 2.05) is 6.92 Å². The van der Waals surface area contributed by atoms with Crippen LogP contribution in [-0.2, 0) is 10.3 Å². The summed E-state index contributed by atoms with van der Waals surface area (Å²) >= 11 is 0. The van der Waals surface area contributed by atoms with Crippen LogP contribution in [0.3, 0.4) is 0 Å². The molecule has 0 N–H and O–H groups in total. The number of likely N-dealkylation sites (tertiary alicyclic amines) is 1. The van der Waals surface area contributed by atoms with Crippen molar-refractivity contribution in [2.45, 2.75) is 25.3 Å². The number of nitrogens with zero attached hydrogens (tertiary/aromatic N) is 2. The third kappa shape index (κ3) is 1.40. The molecule has 15 heavy (non-hydrogen) atoms. The summed E-state index contributed by atoms with van der Waals surface area (Å²) < 4.78 is 13.5. The maximum Gasteiger partial charge on any atom is 0.223 e. The minimum Gasteiger partial charge on any atom is -0.336 e. The molecule has 0 saturated carbocycles. The number of amides is 1. The summed E-state index contributed by atoms with van der Waals surface area (Å²) in [6.07, 6.45) is 2.53. The summed E-state index contributed by atoms with van der Waals surface area (Å²) in [5, 5.41) is 0. The van der Waals surface area contributed by atoms with Crippen molar-refractivity contribution in [2.24, 2.45) is 0 Å². The van der Waals surface area contributed by atoms with Crippen LogP contribution in [0.25, 0.3) is 0 Å². The summed E-state index contributed by atoms with van der Waals surface area (Å²) in [7, 11) is 1.71. The van der Waals surface area contributed by atoms with Gasteiger partial charge in [0.15, 0.2) is 0 Å². The van der Waals surface area contributed by atoms with E-state index in [1.54, 1.807) is 24.1 Å². The summed E-state index contributed by atoms with van der Waals surface area (Å²) in [4.78, 5) is 16.7. The number of hydrogen-bond acceptors (Lipinski definition) is 2. The van der Waals surface area contributed by atoms with Gasteiger partial charge in [-0.3, -0.25) is 4.79 Å². The van der Waals surface area contributed by atoms with Crippen molar-refractivity contribution in [3.05, 3.63) is 29.8 Å². The van der Waals surface area contributed by atoms with Crippen LogP contribution in [0.5, 0.6) is 0 Å². The van der Waals surface area contributed by atoms with E-state index in [-0.39, 0.29) is 5.91 Å². The lowest BCUT2D eigenvalue weighted by molar-refractivity contribution is -0.129. The molecule has 0 aliphatic carbocycles. The summed E-state index contributed by atoms with van der Waals surface area (Å²) in [5.74, 6) is -0.428. The van der Waals surface area contributed by atoms with Gasteiger partial charge >= 0.3 is 0 Å². The molecule has 0 spiro atoms. The van der Waals surface area contributed by atoms with Gasteiger partial charge in [0.1, 0.15) is 0 Å². The van der Waals surface area contributed by atoms with Gasteiger partial charge in [-0.25, -0.2) is 4.98 Å². The average Bonchev–Trinajstić information content (AvgIpc) is 2.48. The first-order chi connectivity index (χ1) is 7.05. The minimum absolute atomic E-state index is 0.0563. The highest BCUT2D eigenvalue weighted by Crippen LogP contribution is 2.38. The van der Waals surface area contributed by atoms with Crippen LogP contribution in [0.15, 0.2) is 18.3 Å². The van der Waals surface area contributed by atoms with Gasteiger partial charge < -0.3 is 4.90 Å². The molecule has 1 atom stereocenters. The van der Waals surface area contributed by atoms with E-state index in [1.165, 1.54) is 6.20 Å². The second-order valence-corrected chi connectivity index (χ2v) is 4.07.